The Morgan fingerprint density at radius 3 is 2.35 bits per heavy atom. The first-order valence-corrected chi connectivity index (χ1v) is 11.0. The van der Waals surface area contributed by atoms with Gasteiger partial charge in [0.1, 0.15) is 0 Å². The fraction of sp³-hybridized carbons (Fsp3) is 0.368. The summed E-state index contributed by atoms with van der Waals surface area (Å²) in [5.74, 6) is -0.127. The molecule has 0 atom stereocenters. The van der Waals surface area contributed by atoms with Crippen molar-refractivity contribution in [3.63, 3.8) is 0 Å². The van der Waals surface area contributed by atoms with Gasteiger partial charge in [-0.2, -0.15) is 0 Å². The van der Waals surface area contributed by atoms with E-state index in [-0.39, 0.29) is 12.3 Å². The van der Waals surface area contributed by atoms with Crippen molar-refractivity contribution in [3.05, 3.63) is 69.2 Å². The molecule has 0 amide bonds. The van der Waals surface area contributed by atoms with Gasteiger partial charge in [0.15, 0.2) is 0 Å². The van der Waals surface area contributed by atoms with Gasteiger partial charge in [0, 0.05) is 13.1 Å². The molecular formula is C19H22Cl2N2O2S. The lowest BCUT2D eigenvalue weighted by molar-refractivity contribution is 0.330. The highest BCUT2D eigenvalue weighted by molar-refractivity contribution is 7.88. The van der Waals surface area contributed by atoms with Gasteiger partial charge in [0.2, 0.25) is 10.0 Å². The largest absolute Gasteiger partial charge is 0.299 e. The first-order valence-electron chi connectivity index (χ1n) is 8.63. The van der Waals surface area contributed by atoms with E-state index in [0.717, 1.165) is 25.2 Å². The smallest absolute Gasteiger partial charge is 0.216 e. The van der Waals surface area contributed by atoms with Crippen LogP contribution in [0, 0.1) is 0 Å². The van der Waals surface area contributed by atoms with Crippen molar-refractivity contribution < 1.29 is 8.42 Å². The monoisotopic (exact) mass is 412 g/mol. The van der Waals surface area contributed by atoms with Gasteiger partial charge in [-0.25, -0.2) is 13.1 Å². The molecule has 7 heteroatoms. The maximum absolute atomic E-state index is 12.4. The second-order valence-corrected chi connectivity index (χ2v) is 9.20. The van der Waals surface area contributed by atoms with Crippen molar-refractivity contribution in [1.82, 2.24) is 9.62 Å². The Balaban J connectivity index is 1.64. The molecule has 1 fully saturated rings. The van der Waals surface area contributed by atoms with Crippen LogP contribution in [-0.2, 0) is 28.9 Å². The molecule has 0 unspecified atom stereocenters. The van der Waals surface area contributed by atoms with Gasteiger partial charge in [-0.3, -0.25) is 4.90 Å². The molecule has 2 aromatic rings. The van der Waals surface area contributed by atoms with E-state index in [0.29, 0.717) is 15.6 Å². The maximum Gasteiger partial charge on any atom is 0.216 e. The number of benzene rings is 2. The van der Waals surface area contributed by atoms with Crippen LogP contribution in [-0.4, -0.2) is 26.4 Å². The van der Waals surface area contributed by atoms with E-state index in [2.05, 4.69) is 15.7 Å². The summed E-state index contributed by atoms with van der Waals surface area (Å²) in [5, 5.41) is 0.770. The molecule has 4 nitrogen and oxygen atoms in total. The zero-order valence-electron chi connectivity index (χ0n) is 14.4. The number of nitrogens with one attached hydrogen (secondary N) is 1. The SMILES string of the molecule is O=S(=O)(Cc1ccc(Cl)c(Cl)c1)NCc1ccccc1CN1CCCC1. The standard InChI is InChI=1S/C19H22Cl2N2O2S/c20-18-8-7-15(11-19(18)21)14-26(24,25)22-12-16-5-1-2-6-17(16)13-23-9-3-4-10-23/h1-2,5-8,11,22H,3-4,9-10,12-14H2. The summed E-state index contributed by atoms with van der Waals surface area (Å²) in [6.45, 7) is 3.37. The summed E-state index contributed by atoms with van der Waals surface area (Å²) in [4.78, 5) is 2.41. The third-order valence-corrected chi connectivity index (χ3v) is 6.57. The first kappa shape index (κ1) is 19.6. The quantitative estimate of drug-likeness (QED) is 0.740. The number of halogens is 2. The molecule has 1 aliphatic heterocycles. The number of hydrogen-bond acceptors (Lipinski definition) is 3. The molecule has 0 bridgehead atoms. The molecule has 1 heterocycles. The Bertz CT molecular complexity index is 866. The molecular weight excluding hydrogens is 391 g/mol. The predicted octanol–water partition coefficient (Wildman–Crippen LogP) is 4.21. The van der Waals surface area contributed by atoms with Gasteiger partial charge in [-0.05, 0) is 54.8 Å². The second-order valence-electron chi connectivity index (χ2n) is 6.58. The number of sulfonamides is 1. The zero-order chi connectivity index (χ0) is 18.6. The van der Waals surface area contributed by atoms with Crippen molar-refractivity contribution in [3.8, 4) is 0 Å². The average molecular weight is 413 g/mol. The summed E-state index contributed by atoms with van der Waals surface area (Å²) < 4.78 is 27.6. The summed E-state index contributed by atoms with van der Waals surface area (Å²) >= 11 is 11.8. The van der Waals surface area contributed by atoms with Crippen molar-refractivity contribution in [2.45, 2.75) is 31.7 Å². The summed E-state index contributed by atoms with van der Waals surface area (Å²) in [6.07, 6.45) is 2.47. The maximum atomic E-state index is 12.4. The molecule has 1 N–H and O–H groups in total. The molecule has 26 heavy (non-hydrogen) atoms. The van der Waals surface area contributed by atoms with Crippen molar-refractivity contribution in [2.75, 3.05) is 13.1 Å². The topological polar surface area (TPSA) is 49.4 Å². The van der Waals surface area contributed by atoms with Gasteiger partial charge in [0.05, 0.1) is 15.8 Å². The Kier molecular flexibility index (Phi) is 6.59. The highest BCUT2D eigenvalue weighted by Gasteiger charge is 2.16. The van der Waals surface area contributed by atoms with Crippen LogP contribution in [0.15, 0.2) is 42.5 Å². The minimum absolute atomic E-state index is 0.127. The predicted molar refractivity (Wildman–Crippen MR) is 107 cm³/mol. The third kappa shape index (κ3) is 5.44. The van der Waals surface area contributed by atoms with Crippen LogP contribution in [0.25, 0.3) is 0 Å². The fourth-order valence-corrected chi connectivity index (χ4v) is 4.57. The molecule has 2 aromatic carbocycles. The Morgan fingerprint density at radius 2 is 1.65 bits per heavy atom. The van der Waals surface area contributed by atoms with Crippen LogP contribution in [0.5, 0.6) is 0 Å². The highest BCUT2D eigenvalue weighted by atomic mass is 35.5. The van der Waals surface area contributed by atoms with Crippen LogP contribution in [0.1, 0.15) is 29.5 Å². The number of hydrogen-bond donors (Lipinski definition) is 1. The number of rotatable bonds is 7. The second kappa shape index (κ2) is 8.72. The van der Waals surface area contributed by atoms with Gasteiger partial charge in [-0.1, -0.05) is 53.5 Å². The Morgan fingerprint density at radius 1 is 0.962 bits per heavy atom. The highest BCUT2D eigenvalue weighted by Crippen LogP contribution is 2.23. The van der Waals surface area contributed by atoms with Crippen molar-refractivity contribution in [2.24, 2.45) is 0 Å². The minimum Gasteiger partial charge on any atom is -0.299 e. The lowest BCUT2D eigenvalue weighted by Gasteiger charge is -2.17. The van der Waals surface area contributed by atoms with Crippen molar-refractivity contribution in [1.29, 1.82) is 0 Å². The molecule has 1 aliphatic rings. The normalized spacial score (nSPS) is 15.5. The van der Waals surface area contributed by atoms with Crippen LogP contribution >= 0.6 is 23.2 Å². The lowest BCUT2D eigenvalue weighted by atomic mass is 10.1. The molecule has 140 valence electrons. The van der Waals surface area contributed by atoms with Crippen LogP contribution in [0.4, 0.5) is 0 Å². The van der Waals surface area contributed by atoms with Crippen LogP contribution < -0.4 is 4.72 Å². The van der Waals surface area contributed by atoms with E-state index in [1.54, 1.807) is 18.2 Å². The fourth-order valence-electron chi connectivity index (χ4n) is 3.15. The molecule has 0 saturated carbocycles. The molecule has 3 rings (SSSR count). The van der Waals surface area contributed by atoms with E-state index in [4.69, 9.17) is 23.2 Å². The average Bonchev–Trinajstić information content (AvgIpc) is 3.10. The van der Waals surface area contributed by atoms with Gasteiger partial charge in [-0.15, -0.1) is 0 Å². The van der Waals surface area contributed by atoms with Gasteiger partial charge < -0.3 is 0 Å². The molecule has 0 aromatic heterocycles. The minimum atomic E-state index is -3.47. The summed E-state index contributed by atoms with van der Waals surface area (Å²) in [6, 6.07) is 12.9. The Labute approximate surface area is 165 Å². The number of nitrogens with zero attached hydrogens (tertiary/aromatic N) is 1. The molecule has 0 radical (unpaired) electrons. The molecule has 1 saturated heterocycles. The van der Waals surface area contributed by atoms with E-state index in [1.165, 1.54) is 18.4 Å². The van der Waals surface area contributed by atoms with E-state index < -0.39 is 10.0 Å². The van der Waals surface area contributed by atoms with E-state index in [1.807, 2.05) is 18.2 Å². The van der Waals surface area contributed by atoms with Crippen molar-refractivity contribution >= 4 is 33.2 Å². The molecule has 0 spiro atoms. The summed E-state index contributed by atoms with van der Waals surface area (Å²) in [7, 11) is -3.47. The molecule has 0 aliphatic carbocycles. The number of likely N-dealkylation sites (tertiary alicyclic amines) is 1. The summed E-state index contributed by atoms with van der Waals surface area (Å²) in [5.41, 5.74) is 2.79. The van der Waals surface area contributed by atoms with E-state index >= 15 is 0 Å². The van der Waals surface area contributed by atoms with Crippen LogP contribution in [0.3, 0.4) is 0 Å². The van der Waals surface area contributed by atoms with Gasteiger partial charge in [0.25, 0.3) is 0 Å². The first-order chi connectivity index (χ1) is 12.4. The van der Waals surface area contributed by atoms with Gasteiger partial charge >= 0.3 is 0 Å². The Hall–Kier alpha value is -1.11. The van der Waals surface area contributed by atoms with Crippen LogP contribution in [0.2, 0.25) is 10.0 Å². The van der Waals surface area contributed by atoms with E-state index in [9.17, 15) is 8.42 Å². The lowest BCUT2D eigenvalue weighted by Crippen LogP contribution is -2.26. The third-order valence-electron chi connectivity index (χ3n) is 4.53. The zero-order valence-corrected chi connectivity index (χ0v) is 16.7.